The maximum absolute atomic E-state index is 12.1. The topological polar surface area (TPSA) is 102 Å². The zero-order chi connectivity index (χ0) is 16.2. The molecule has 0 spiro atoms. The highest BCUT2D eigenvalue weighted by molar-refractivity contribution is 5.93. The van der Waals surface area contributed by atoms with Crippen molar-refractivity contribution in [2.45, 2.75) is 45.8 Å². The lowest BCUT2D eigenvalue weighted by molar-refractivity contribution is -0.128. The third-order valence-electron chi connectivity index (χ3n) is 3.29. The number of carbonyl (C=O) groups is 2. The Balaban J connectivity index is 2.91. The molecule has 0 saturated carbocycles. The van der Waals surface area contributed by atoms with E-state index in [1.807, 2.05) is 20.8 Å². The first kappa shape index (κ1) is 16.8. The van der Waals surface area contributed by atoms with Gasteiger partial charge in [-0.25, -0.2) is 4.79 Å². The quantitative estimate of drug-likeness (QED) is 0.697. The molecule has 116 valence electrons. The minimum absolute atomic E-state index is 0.0157. The van der Waals surface area contributed by atoms with E-state index in [-0.39, 0.29) is 28.4 Å². The van der Waals surface area contributed by atoms with Crippen LogP contribution in [-0.4, -0.2) is 28.6 Å². The second-order valence-corrected chi connectivity index (χ2v) is 5.52. The van der Waals surface area contributed by atoms with Crippen molar-refractivity contribution in [2.75, 3.05) is 5.73 Å². The van der Waals surface area contributed by atoms with Gasteiger partial charge in [-0.3, -0.25) is 4.79 Å². The van der Waals surface area contributed by atoms with Crippen molar-refractivity contribution < 1.29 is 19.4 Å². The van der Waals surface area contributed by atoms with Crippen LogP contribution >= 0.6 is 0 Å². The molecule has 0 radical (unpaired) electrons. The van der Waals surface area contributed by atoms with E-state index in [1.54, 1.807) is 6.92 Å². The fraction of sp³-hybridized carbons (Fsp3) is 0.467. The van der Waals surface area contributed by atoms with E-state index < -0.39 is 12.1 Å². The fourth-order valence-corrected chi connectivity index (χ4v) is 1.61. The molecule has 0 saturated heterocycles. The number of ether oxygens (including phenoxy) is 1. The summed E-state index contributed by atoms with van der Waals surface area (Å²) in [5.41, 5.74) is 5.51. The van der Waals surface area contributed by atoms with E-state index in [0.717, 1.165) is 6.42 Å². The maximum Gasteiger partial charge on any atom is 0.339 e. The Kier molecular flexibility index (Phi) is 5.18. The molecule has 0 heterocycles. The van der Waals surface area contributed by atoms with E-state index in [0.29, 0.717) is 0 Å². The van der Waals surface area contributed by atoms with Gasteiger partial charge >= 0.3 is 5.97 Å². The van der Waals surface area contributed by atoms with Gasteiger partial charge in [0.1, 0.15) is 5.56 Å². The summed E-state index contributed by atoms with van der Waals surface area (Å²) >= 11 is 0. The van der Waals surface area contributed by atoms with Gasteiger partial charge in [-0.2, -0.15) is 0 Å². The largest absolute Gasteiger partial charge is 0.478 e. The smallest absolute Gasteiger partial charge is 0.339 e. The number of benzene rings is 1. The molecular weight excluding hydrogens is 272 g/mol. The van der Waals surface area contributed by atoms with Gasteiger partial charge in [0.05, 0.1) is 5.69 Å². The zero-order valence-electron chi connectivity index (χ0n) is 12.8. The summed E-state index contributed by atoms with van der Waals surface area (Å²) in [5.74, 6) is -1.46. The molecule has 0 aliphatic heterocycles. The third kappa shape index (κ3) is 4.37. The number of carbonyl (C=O) groups excluding carboxylic acids is 1. The van der Waals surface area contributed by atoms with Crippen molar-refractivity contribution in [2.24, 2.45) is 0 Å². The number of nitrogens with two attached hydrogens (primary N) is 1. The first-order chi connectivity index (χ1) is 9.68. The lowest BCUT2D eigenvalue weighted by Gasteiger charge is -2.27. The molecule has 0 aliphatic carbocycles. The van der Waals surface area contributed by atoms with Crippen molar-refractivity contribution >= 4 is 17.6 Å². The lowest BCUT2D eigenvalue weighted by atomic mass is 10.0. The second-order valence-electron chi connectivity index (χ2n) is 5.52. The summed E-state index contributed by atoms with van der Waals surface area (Å²) in [7, 11) is 0. The second kappa shape index (κ2) is 6.47. The number of hydrogen-bond donors (Lipinski definition) is 3. The van der Waals surface area contributed by atoms with Crippen LogP contribution < -0.4 is 15.8 Å². The lowest BCUT2D eigenvalue weighted by Crippen LogP contribution is -2.48. The minimum Gasteiger partial charge on any atom is -0.478 e. The zero-order valence-corrected chi connectivity index (χ0v) is 12.8. The van der Waals surface area contributed by atoms with Gasteiger partial charge in [-0.05, 0) is 39.3 Å². The number of hydrogen-bond acceptors (Lipinski definition) is 4. The Morgan fingerprint density at radius 2 is 2.05 bits per heavy atom. The molecule has 0 fully saturated rings. The van der Waals surface area contributed by atoms with Gasteiger partial charge in [0.15, 0.2) is 11.9 Å². The van der Waals surface area contributed by atoms with E-state index in [1.165, 1.54) is 18.2 Å². The molecule has 1 rings (SSSR count). The number of amides is 1. The minimum atomic E-state index is -1.15. The normalized spacial score (nSPS) is 12.6. The first-order valence-corrected chi connectivity index (χ1v) is 6.78. The number of anilines is 1. The van der Waals surface area contributed by atoms with Crippen molar-refractivity contribution in [1.29, 1.82) is 0 Å². The third-order valence-corrected chi connectivity index (χ3v) is 3.29. The average molecular weight is 294 g/mol. The average Bonchev–Trinajstić information content (AvgIpc) is 2.40. The van der Waals surface area contributed by atoms with Gasteiger partial charge in [-0.1, -0.05) is 13.0 Å². The van der Waals surface area contributed by atoms with Crippen LogP contribution in [0.3, 0.4) is 0 Å². The summed E-state index contributed by atoms with van der Waals surface area (Å²) < 4.78 is 5.47. The number of rotatable bonds is 6. The summed E-state index contributed by atoms with van der Waals surface area (Å²) in [6.07, 6.45) is -0.0853. The van der Waals surface area contributed by atoms with Crippen molar-refractivity contribution in [1.82, 2.24) is 5.32 Å². The molecule has 21 heavy (non-hydrogen) atoms. The Hall–Kier alpha value is -2.24. The number of aromatic carboxylic acids is 1. The summed E-state index contributed by atoms with van der Waals surface area (Å²) in [6.45, 7) is 7.32. The SMILES string of the molecule is CCC(C)(C)NC(=O)C(C)Oc1c(N)cccc1C(=O)O. The molecular formula is C15H22N2O4. The molecule has 1 amide bonds. The van der Waals surface area contributed by atoms with Gasteiger partial charge in [-0.15, -0.1) is 0 Å². The molecule has 6 nitrogen and oxygen atoms in total. The summed E-state index contributed by atoms with van der Waals surface area (Å²) in [5, 5.41) is 12.0. The predicted octanol–water partition coefficient (Wildman–Crippen LogP) is 2.04. The molecule has 1 unspecified atom stereocenters. The van der Waals surface area contributed by atoms with Crippen molar-refractivity contribution in [3.8, 4) is 5.75 Å². The fourth-order valence-electron chi connectivity index (χ4n) is 1.61. The van der Waals surface area contributed by atoms with E-state index >= 15 is 0 Å². The van der Waals surface area contributed by atoms with E-state index in [9.17, 15) is 9.59 Å². The van der Waals surface area contributed by atoms with Crippen molar-refractivity contribution in [3.05, 3.63) is 23.8 Å². The molecule has 0 aromatic heterocycles. The standard InChI is InChI=1S/C15H22N2O4/c1-5-15(3,4)17-13(18)9(2)21-12-10(14(19)20)7-6-8-11(12)16/h6-9H,5,16H2,1-4H3,(H,17,18)(H,19,20). The molecule has 1 atom stereocenters. The number of nitrogen functional groups attached to an aromatic ring is 1. The highest BCUT2D eigenvalue weighted by Crippen LogP contribution is 2.27. The summed E-state index contributed by atoms with van der Waals surface area (Å²) in [6, 6.07) is 4.44. The molecule has 0 aliphatic rings. The molecule has 6 heteroatoms. The molecule has 1 aromatic carbocycles. The van der Waals surface area contributed by atoms with Crippen LogP contribution in [0.2, 0.25) is 0 Å². The molecule has 4 N–H and O–H groups in total. The number of para-hydroxylation sites is 1. The van der Waals surface area contributed by atoms with E-state index in [2.05, 4.69) is 5.32 Å². The summed E-state index contributed by atoms with van der Waals surface area (Å²) in [4.78, 5) is 23.3. The maximum atomic E-state index is 12.1. The van der Waals surface area contributed by atoms with Crippen LogP contribution in [0, 0.1) is 0 Å². The van der Waals surface area contributed by atoms with Crippen LogP contribution in [0.5, 0.6) is 5.75 Å². The Labute approximate surface area is 124 Å². The van der Waals surface area contributed by atoms with Crippen LogP contribution in [-0.2, 0) is 4.79 Å². The number of carboxylic acids is 1. The number of nitrogens with one attached hydrogen (secondary N) is 1. The van der Waals surface area contributed by atoms with Crippen LogP contribution in [0.25, 0.3) is 0 Å². The highest BCUT2D eigenvalue weighted by Gasteiger charge is 2.25. The van der Waals surface area contributed by atoms with Crippen LogP contribution in [0.4, 0.5) is 5.69 Å². The molecule has 1 aromatic rings. The van der Waals surface area contributed by atoms with Gasteiger partial charge in [0.2, 0.25) is 0 Å². The Morgan fingerprint density at radius 1 is 1.43 bits per heavy atom. The first-order valence-electron chi connectivity index (χ1n) is 6.78. The highest BCUT2D eigenvalue weighted by atomic mass is 16.5. The van der Waals surface area contributed by atoms with Gasteiger partial charge < -0.3 is 20.9 Å². The number of carboxylic acid groups (broad SMARTS) is 1. The van der Waals surface area contributed by atoms with Crippen molar-refractivity contribution in [3.63, 3.8) is 0 Å². The monoisotopic (exact) mass is 294 g/mol. The van der Waals surface area contributed by atoms with Crippen LogP contribution in [0.15, 0.2) is 18.2 Å². The van der Waals surface area contributed by atoms with Crippen LogP contribution in [0.1, 0.15) is 44.5 Å². The Morgan fingerprint density at radius 3 is 2.57 bits per heavy atom. The molecule has 0 bridgehead atoms. The predicted molar refractivity (Wildman–Crippen MR) is 80.4 cm³/mol. The van der Waals surface area contributed by atoms with Gasteiger partial charge in [0.25, 0.3) is 5.91 Å². The Bertz CT molecular complexity index is 540. The van der Waals surface area contributed by atoms with Gasteiger partial charge in [0, 0.05) is 5.54 Å². The van der Waals surface area contributed by atoms with E-state index in [4.69, 9.17) is 15.6 Å².